The predicted octanol–water partition coefficient (Wildman–Crippen LogP) is 8.24. The molecule has 1 unspecified atom stereocenters. The van der Waals surface area contributed by atoms with Crippen LogP contribution in [0.4, 0.5) is 35.3 Å². The highest BCUT2D eigenvalue weighted by Crippen LogP contribution is 2.33. The van der Waals surface area contributed by atoms with Crippen molar-refractivity contribution in [2.75, 3.05) is 44.0 Å². The third kappa shape index (κ3) is 7.37. The molecule has 2 heterocycles. The number of likely N-dealkylation sites (tertiary alicyclic amines) is 1. The lowest BCUT2D eigenvalue weighted by Gasteiger charge is -2.29. The van der Waals surface area contributed by atoms with Crippen LogP contribution in [0, 0.1) is 44.1 Å². The zero-order valence-corrected chi connectivity index (χ0v) is 27.0. The van der Waals surface area contributed by atoms with Crippen LogP contribution >= 0.6 is 11.6 Å². The van der Waals surface area contributed by atoms with E-state index in [4.69, 9.17) is 21.1 Å². The summed E-state index contributed by atoms with van der Waals surface area (Å²) >= 11 is 5.95. The first-order valence-electron chi connectivity index (χ1n) is 14.8. The van der Waals surface area contributed by atoms with Gasteiger partial charge in [-0.2, -0.15) is 4.98 Å². The van der Waals surface area contributed by atoms with E-state index in [1.54, 1.807) is 6.07 Å². The maximum atomic E-state index is 15.1. The minimum Gasteiger partial charge on any atom is -0.490 e. The van der Waals surface area contributed by atoms with Crippen LogP contribution in [0.15, 0.2) is 48.5 Å². The van der Waals surface area contributed by atoms with Crippen molar-refractivity contribution in [2.24, 2.45) is 5.92 Å². The molecule has 1 aliphatic rings. The van der Waals surface area contributed by atoms with Gasteiger partial charge in [0.05, 0.1) is 12.3 Å². The minimum absolute atomic E-state index is 0.00820. The molecule has 1 atom stereocenters. The maximum Gasteiger partial charge on any atom is 0.420 e. The third-order valence-corrected chi connectivity index (χ3v) is 8.60. The van der Waals surface area contributed by atoms with Gasteiger partial charge in [-0.25, -0.2) is 22.9 Å². The molecule has 0 aliphatic carbocycles. The van der Waals surface area contributed by atoms with Crippen molar-refractivity contribution < 1.29 is 27.4 Å². The molecule has 1 fully saturated rings. The van der Waals surface area contributed by atoms with Crippen LogP contribution in [0.25, 0.3) is 11.3 Å². The maximum absolute atomic E-state index is 15.1. The quantitative estimate of drug-likeness (QED) is 0.192. The number of rotatable bonds is 8. The van der Waals surface area contributed by atoms with Gasteiger partial charge in [0.15, 0.2) is 11.6 Å². The Bertz CT molecular complexity index is 1770. The van der Waals surface area contributed by atoms with E-state index >= 15 is 4.39 Å². The van der Waals surface area contributed by atoms with Gasteiger partial charge >= 0.3 is 6.09 Å². The van der Waals surface area contributed by atoms with E-state index in [1.807, 2.05) is 32.9 Å². The first kappa shape index (κ1) is 33.0. The summed E-state index contributed by atoms with van der Waals surface area (Å²) in [6.07, 6.45) is 1.04. The molecule has 4 aromatic rings. The minimum atomic E-state index is -1.07. The van der Waals surface area contributed by atoms with Gasteiger partial charge in [0.2, 0.25) is 11.8 Å². The van der Waals surface area contributed by atoms with Gasteiger partial charge in [-0.05, 0) is 88.2 Å². The molecule has 1 N–H and O–H groups in total. The van der Waals surface area contributed by atoms with Crippen LogP contribution in [-0.2, 0) is 0 Å². The summed E-state index contributed by atoms with van der Waals surface area (Å²) in [6, 6.07) is 11.5. The molecule has 3 aromatic carbocycles. The van der Waals surface area contributed by atoms with Crippen molar-refractivity contribution in [2.45, 2.75) is 33.6 Å². The number of nitrogens with zero attached hydrogens (tertiary/aromatic N) is 4. The van der Waals surface area contributed by atoms with Crippen LogP contribution in [0.3, 0.4) is 0 Å². The number of amides is 1. The molecule has 1 amide bonds. The number of aromatic nitrogens is 2. The van der Waals surface area contributed by atoms with Gasteiger partial charge in [-0.15, -0.1) is 0 Å². The third-order valence-electron chi connectivity index (χ3n) is 8.24. The van der Waals surface area contributed by atoms with E-state index in [0.717, 1.165) is 65.2 Å². The monoisotopic (exact) mass is 653 g/mol. The smallest absolute Gasteiger partial charge is 0.420 e. The topological polar surface area (TPSA) is 79.8 Å². The van der Waals surface area contributed by atoms with Crippen molar-refractivity contribution in [1.82, 2.24) is 14.9 Å². The summed E-state index contributed by atoms with van der Waals surface area (Å²) in [5, 5.41) is 2.41. The number of aryl methyl sites for hydroxylation is 1. The van der Waals surface area contributed by atoms with Crippen molar-refractivity contribution in [3.05, 3.63) is 87.7 Å². The van der Waals surface area contributed by atoms with Crippen LogP contribution in [0.2, 0.25) is 5.02 Å². The molecule has 0 bridgehead atoms. The van der Waals surface area contributed by atoms with Crippen LogP contribution in [-0.4, -0.2) is 54.8 Å². The number of halogens is 4. The van der Waals surface area contributed by atoms with E-state index in [0.29, 0.717) is 23.9 Å². The molecular formula is C34H35ClF3N5O3. The Labute approximate surface area is 271 Å². The summed E-state index contributed by atoms with van der Waals surface area (Å²) in [5.74, 6) is -2.08. The predicted molar refractivity (Wildman–Crippen MR) is 173 cm³/mol. The molecule has 46 heavy (non-hydrogen) atoms. The normalized spacial score (nSPS) is 15.0. The number of hydrogen-bond acceptors (Lipinski definition) is 7. The van der Waals surface area contributed by atoms with Gasteiger partial charge < -0.3 is 19.7 Å². The van der Waals surface area contributed by atoms with Crippen LogP contribution in [0.5, 0.6) is 11.6 Å². The van der Waals surface area contributed by atoms with Crippen molar-refractivity contribution in [1.29, 1.82) is 0 Å². The summed E-state index contributed by atoms with van der Waals surface area (Å²) in [5.41, 5.74) is 4.10. The largest absolute Gasteiger partial charge is 0.490 e. The van der Waals surface area contributed by atoms with Gasteiger partial charge in [0.1, 0.15) is 22.3 Å². The Hall–Kier alpha value is -4.35. The Kier molecular flexibility index (Phi) is 10.0. The second kappa shape index (κ2) is 14.0. The number of piperidine rings is 1. The number of carbonyl (C=O) groups is 1. The number of nitrogens with one attached hydrogen (secondary N) is 1. The highest BCUT2D eigenvalue weighted by atomic mass is 35.5. The fraction of sp³-hybridized carbons (Fsp3) is 0.324. The van der Waals surface area contributed by atoms with Gasteiger partial charge in [0.25, 0.3) is 0 Å². The lowest BCUT2D eigenvalue weighted by atomic mass is 9.97. The molecule has 1 aromatic heterocycles. The molecule has 0 spiro atoms. The van der Waals surface area contributed by atoms with Gasteiger partial charge in [-0.1, -0.05) is 23.7 Å². The highest BCUT2D eigenvalue weighted by Gasteiger charge is 2.24. The van der Waals surface area contributed by atoms with Crippen molar-refractivity contribution in [3.63, 3.8) is 0 Å². The Morgan fingerprint density at radius 1 is 1.02 bits per heavy atom. The number of hydrogen-bond donors (Lipinski definition) is 1. The lowest BCUT2D eigenvalue weighted by Crippen LogP contribution is -2.34. The summed E-state index contributed by atoms with van der Waals surface area (Å²) in [6.45, 7) is 8.30. The molecule has 12 heteroatoms. The second-order valence-electron chi connectivity index (χ2n) is 11.6. The van der Waals surface area contributed by atoms with Crippen molar-refractivity contribution >= 4 is 35.0 Å². The fourth-order valence-electron chi connectivity index (χ4n) is 5.42. The van der Waals surface area contributed by atoms with Crippen molar-refractivity contribution in [3.8, 4) is 22.9 Å². The summed E-state index contributed by atoms with van der Waals surface area (Å²) in [7, 11) is 3.26. The molecule has 1 saturated heterocycles. The SMILES string of the molecule is Cc1ccc(-c2cc(OC(=O)N(C)c3c(F)ccc(F)c3Cl)nc(Nc3ccc(OCC4CCCN(C)C4)c(F)c3)n2)c(C)c1C. The summed E-state index contributed by atoms with van der Waals surface area (Å²) < 4.78 is 55.0. The first-order valence-corrected chi connectivity index (χ1v) is 15.2. The lowest BCUT2D eigenvalue weighted by molar-refractivity contribution is 0.147. The molecule has 0 saturated carbocycles. The van der Waals surface area contributed by atoms with E-state index in [-0.39, 0.29) is 17.6 Å². The summed E-state index contributed by atoms with van der Waals surface area (Å²) in [4.78, 5) is 25.0. The second-order valence-corrected chi connectivity index (χ2v) is 11.9. The van der Waals surface area contributed by atoms with E-state index in [2.05, 4.69) is 27.2 Å². The average molecular weight is 654 g/mol. The highest BCUT2D eigenvalue weighted by molar-refractivity contribution is 6.33. The van der Waals surface area contributed by atoms with E-state index in [9.17, 15) is 13.6 Å². The molecular weight excluding hydrogens is 619 g/mol. The number of ether oxygens (including phenoxy) is 2. The molecule has 0 radical (unpaired) electrons. The fourth-order valence-corrected chi connectivity index (χ4v) is 5.70. The standard InChI is InChI=1S/C34H35ClF3N5O3/c1-19-8-10-24(21(3)20(19)2)28-16-30(46-34(44)43(5)32-26(37)12-11-25(36)31(32)35)41-33(40-28)39-23-9-13-29(27(38)15-23)45-18-22-7-6-14-42(4)17-22/h8-13,15-16,22H,6-7,14,17-18H2,1-5H3,(H,39,40,41). The molecule has 242 valence electrons. The first-order chi connectivity index (χ1) is 21.9. The number of anilines is 3. The molecule has 8 nitrogen and oxygen atoms in total. The number of benzene rings is 3. The average Bonchev–Trinajstić information content (AvgIpc) is 3.01. The van der Waals surface area contributed by atoms with Crippen LogP contribution in [0.1, 0.15) is 29.5 Å². The van der Waals surface area contributed by atoms with E-state index in [1.165, 1.54) is 25.2 Å². The zero-order valence-electron chi connectivity index (χ0n) is 26.3. The number of carbonyl (C=O) groups excluding carboxylic acids is 1. The molecule has 1 aliphatic heterocycles. The van der Waals surface area contributed by atoms with Gasteiger partial charge in [-0.3, -0.25) is 4.90 Å². The Balaban J connectivity index is 1.42. The Morgan fingerprint density at radius 2 is 1.78 bits per heavy atom. The Morgan fingerprint density at radius 3 is 2.52 bits per heavy atom. The zero-order chi connectivity index (χ0) is 33.1. The molecule has 5 rings (SSSR count). The van der Waals surface area contributed by atoms with Gasteiger partial charge in [0, 0.05) is 42.9 Å². The van der Waals surface area contributed by atoms with E-state index < -0.39 is 34.3 Å². The van der Waals surface area contributed by atoms with Crippen LogP contribution < -0.4 is 19.7 Å².